The van der Waals surface area contributed by atoms with Gasteiger partial charge in [0.1, 0.15) is 11.5 Å². The Morgan fingerprint density at radius 2 is 0.931 bits per heavy atom. The molecule has 4 bridgehead atoms. The molecule has 298 valence electrons. The second kappa shape index (κ2) is 12.4. The van der Waals surface area contributed by atoms with Crippen LogP contribution >= 0.6 is 0 Å². The molecule has 0 aromatic heterocycles. The van der Waals surface area contributed by atoms with E-state index < -0.39 is 0 Å². The van der Waals surface area contributed by atoms with Gasteiger partial charge in [0.05, 0.1) is 0 Å². The summed E-state index contributed by atoms with van der Waals surface area (Å²) in [5.41, 5.74) is 15.5. The number of fused-ring (bicyclic) bond motifs is 4. The van der Waals surface area contributed by atoms with Crippen molar-refractivity contribution < 1.29 is 4.74 Å². The lowest BCUT2D eigenvalue weighted by atomic mass is 9.41. The van der Waals surface area contributed by atoms with E-state index in [1.165, 1.54) is 119 Å². The number of ether oxygens (including phenoxy) is 1. The molecule has 5 aromatic rings. The third-order valence-corrected chi connectivity index (χ3v) is 17.0. The van der Waals surface area contributed by atoms with Gasteiger partial charge < -0.3 is 9.64 Å². The highest BCUT2D eigenvalue weighted by molar-refractivity contribution is 5.86. The molecule has 7 aliphatic rings. The summed E-state index contributed by atoms with van der Waals surface area (Å²) in [7, 11) is 0. The second-order valence-electron chi connectivity index (χ2n) is 22.3. The van der Waals surface area contributed by atoms with Crippen LogP contribution in [0.25, 0.3) is 11.1 Å². The minimum Gasteiger partial charge on any atom is -0.456 e. The van der Waals surface area contributed by atoms with Gasteiger partial charge in [-0.3, -0.25) is 0 Å². The van der Waals surface area contributed by atoms with Crippen molar-refractivity contribution in [1.29, 1.82) is 0 Å². The molecule has 1 aliphatic heterocycles. The van der Waals surface area contributed by atoms with E-state index in [1.807, 2.05) is 0 Å². The van der Waals surface area contributed by atoms with Crippen molar-refractivity contribution in [3.8, 4) is 22.6 Å². The van der Waals surface area contributed by atoms with Gasteiger partial charge in [-0.25, -0.2) is 0 Å². The molecule has 0 unspecified atom stereocenters. The molecule has 4 fully saturated rings. The van der Waals surface area contributed by atoms with Crippen LogP contribution < -0.4 is 9.64 Å². The Morgan fingerprint density at radius 3 is 1.48 bits per heavy atom. The summed E-state index contributed by atoms with van der Waals surface area (Å²) in [4.78, 5) is 2.65. The first-order valence-corrected chi connectivity index (χ1v) is 22.8. The highest BCUT2D eigenvalue weighted by Crippen LogP contribution is 2.70. The number of hydrogen-bond acceptors (Lipinski definition) is 2. The number of benzene rings is 5. The molecule has 0 radical (unpaired) electrons. The van der Waals surface area contributed by atoms with E-state index >= 15 is 0 Å². The van der Waals surface area contributed by atoms with E-state index in [1.54, 1.807) is 0 Å². The van der Waals surface area contributed by atoms with Crippen LogP contribution in [-0.2, 0) is 27.1 Å². The van der Waals surface area contributed by atoms with Crippen molar-refractivity contribution >= 4 is 17.1 Å². The summed E-state index contributed by atoms with van der Waals surface area (Å²) in [6.07, 6.45) is 11.6. The van der Waals surface area contributed by atoms with E-state index in [2.05, 4.69) is 163 Å². The van der Waals surface area contributed by atoms with Gasteiger partial charge in [-0.2, -0.15) is 0 Å². The monoisotopic (exact) mass is 765 g/mol. The Hall–Kier alpha value is -4.30. The zero-order chi connectivity index (χ0) is 40.0. The lowest BCUT2D eigenvalue weighted by Crippen LogP contribution is -2.57. The Balaban J connectivity index is 1.21. The molecule has 6 aliphatic carbocycles. The second-order valence-corrected chi connectivity index (χ2v) is 22.3. The molecule has 0 N–H and O–H groups in total. The molecule has 2 nitrogen and oxygen atoms in total. The van der Waals surface area contributed by atoms with Crippen molar-refractivity contribution in [1.82, 2.24) is 0 Å². The molecule has 0 saturated heterocycles. The first kappa shape index (κ1) is 36.8. The molecule has 5 aromatic carbocycles. The van der Waals surface area contributed by atoms with E-state index in [0.29, 0.717) is 11.8 Å². The molecule has 2 heteroatoms. The third-order valence-electron chi connectivity index (χ3n) is 17.0. The summed E-state index contributed by atoms with van der Waals surface area (Å²) >= 11 is 0. The number of anilines is 3. The Labute approximate surface area is 348 Å². The first-order valence-electron chi connectivity index (χ1n) is 22.8. The van der Waals surface area contributed by atoms with E-state index in [4.69, 9.17) is 4.74 Å². The van der Waals surface area contributed by atoms with Crippen LogP contribution in [-0.4, -0.2) is 0 Å². The molecular weight excluding hydrogens is 703 g/mol. The number of rotatable bonds is 4. The Kier molecular flexibility index (Phi) is 7.84. The predicted molar refractivity (Wildman–Crippen MR) is 241 cm³/mol. The average Bonchev–Trinajstić information content (AvgIpc) is 3.20. The van der Waals surface area contributed by atoms with Crippen LogP contribution in [0.1, 0.15) is 147 Å². The minimum atomic E-state index is -0.0630. The summed E-state index contributed by atoms with van der Waals surface area (Å²) in [5, 5.41) is 0. The van der Waals surface area contributed by atoms with Gasteiger partial charge in [-0.15, -0.1) is 0 Å². The summed E-state index contributed by atoms with van der Waals surface area (Å²) < 4.78 is 7.27. The van der Waals surface area contributed by atoms with E-state index in [9.17, 15) is 0 Å². The molecule has 1 heterocycles. The molecule has 58 heavy (non-hydrogen) atoms. The van der Waals surface area contributed by atoms with Gasteiger partial charge in [0, 0.05) is 39.2 Å². The number of nitrogens with zero attached hydrogens (tertiary/aromatic N) is 1. The average molecular weight is 766 g/mol. The topological polar surface area (TPSA) is 12.5 Å². The number of hydrogen-bond donors (Lipinski definition) is 0. The molecule has 0 atom stereocenters. The number of para-hydroxylation sites is 1. The summed E-state index contributed by atoms with van der Waals surface area (Å²) in [6.45, 7) is 19.7. The maximum Gasteiger partial charge on any atom is 0.139 e. The fourth-order valence-electron chi connectivity index (χ4n) is 13.8. The molecular formula is C56H63NO. The van der Waals surface area contributed by atoms with Gasteiger partial charge in [-0.1, -0.05) is 116 Å². The fraction of sp³-hybridized carbons (Fsp3) is 0.464. The first-order chi connectivity index (χ1) is 27.7. The van der Waals surface area contributed by atoms with Crippen molar-refractivity contribution in [2.45, 2.75) is 140 Å². The van der Waals surface area contributed by atoms with Crippen molar-refractivity contribution in [3.05, 3.63) is 137 Å². The van der Waals surface area contributed by atoms with Crippen LogP contribution in [0.4, 0.5) is 17.1 Å². The van der Waals surface area contributed by atoms with Gasteiger partial charge in [0.2, 0.25) is 0 Å². The molecule has 12 rings (SSSR count). The van der Waals surface area contributed by atoms with Crippen LogP contribution in [0, 0.1) is 23.7 Å². The van der Waals surface area contributed by atoms with Gasteiger partial charge in [-0.05, 0) is 173 Å². The fourth-order valence-corrected chi connectivity index (χ4v) is 13.8. The minimum absolute atomic E-state index is 0.0630. The predicted octanol–water partition coefficient (Wildman–Crippen LogP) is 15.4. The third kappa shape index (κ3) is 5.28. The zero-order valence-electron chi connectivity index (χ0n) is 36.3. The highest BCUT2D eigenvalue weighted by Gasteiger charge is 2.61. The Morgan fingerprint density at radius 1 is 0.448 bits per heavy atom. The van der Waals surface area contributed by atoms with Crippen molar-refractivity contribution in [3.63, 3.8) is 0 Å². The lowest BCUT2D eigenvalue weighted by Gasteiger charge is -2.63. The van der Waals surface area contributed by atoms with Crippen molar-refractivity contribution in [2.24, 2.45) is 23.7 Å². The molecule has 0 amide bonds. The van der Waals surface area contributed by atoms with Gasteiger partial charge in [0.25, 0.3) is 0 Å². The SMILES string of the molecule is CC1(C)CCC(C)(C)c2cc(N(c3ccc4c(c3)C(C)(C)CCC4(C)C)c3cc(-c4ccccc4)c4c(c3)C3(c5ccccc5O4)C4CC5CC(C4)CC3C5)ccc21. The summed E-state index contributed by atoms with van der Waals surface area (Å²) in [6, 6.07) is 40.4. The summed E-state index contributed by atoms with van der Waals surface area (Å²) in [5.74, 6) is 5.14. The molecule has 4 saturated carbocycles. The zero-order valence-corrected chi connectivity index (χ0v) is 36.3. The van der Waals surface area contributed by atoms with E-state index in [-0.39, 0.29) is 27.1 Å². The van der Waals surface area contributed by atoms with Gasteiger partial charge in [0.15, 0.2) is 0 Å². The van der Waals surface area contributed by atoms with Gasteiger partial charge >= 0.3 is 0 Å². The standard InChI is InChI=1S/C56H63NO/c1-52(2)22-24-54(5,6)47-32-40(18-20-44(47)52)57(41-19-21-45-48(33-41)55(7,8)25-23-53(45,3)4)42-31-43(37-14-10-9-11-15-37)51-49(34-42)56(46-16-12-13-17-50(46)58-51)38-27-35-26-36(29-38)30-39(56)28-35/h9-21,31-36,38-39H,22-30H2,1-8H3. The lowest BCUT2D eigenvalue weighted by molar-refractivity contribution is -0.0451. The molecule has 1 spiro atoms. The quantitative estimate of drug-likeness (QED) is 0.181. The Bertz CT molecular complexity index is 2350. The van der Waals surface area contributed by atoms with Crippen LogP contribution in [0.2, 0.25) is 0 Å². The van der Waals surface area contributed by atoms with Crippen molar-refractivity contribution in [2.75, 3.05) is 4.90 Å². The largest absolute Gasteiger partial charge is 0.456 e. The maximum absolute atomic E-state index is 7.27. The van der Waals surface area contributed by atoms with E-state index in [0.717, 1.165) is 23.3 Å². The van der Waals surface area contributed by atoms with Crippen LogP contribution in [0.5, 0.6) is 11.5 Å². The van der Waals surface area contributed by atoms with Crippen LogP contribution in [0.3, 0.4) is 0 Å². The maximum atomic E-state index is 7.27. The smallest absolute Gasteiger partial charge is 0.139 e. The van der Waals surface area contributed by atoms with Crippen LogP contribution in [0.15, 0.2) is 103 Å². The highest BCUT2D eigenvalue weighted by atomic mass is 16.5. The normalized spacial score (nSPS) is 28.5.